The van der Waals surface area contributed by atoms with Crippen molar-refractivity contribution in [1.29, 1.82) is 0 Å². The first-order valence-corrected chi connectivity index (χ1v) is 7.43. The summed E-state index contributed by atoms with van der Waals surface area (Å²) in [4.78, 5) is 11.0. The monoisotopic (exact) mass is 360 g/mol. The lowest BCUT2D eigenvalue weighted by molar-refractivity contribution is 0.112. The number of benzene rings is 3. The van der Waals surface area contributed by atoms with Crippen molar-refractivity contribution in [2.45, 2.75) is 0 Å². The first-order chi connectivity index (χ1) is 10.1. The molecule has 0 bridgehead atoms. The highest BCUT2D eigenvalue weighted by atomic mass is 79.9. The predicted molar refractivity (Wildman–Crippen MR) is 89.1 cm³/mol. The molecular weight excluding hydrogens is 352 g/mol. The van der Waals surface area contributed by atoms with E-state index in [0.29, 0.717) is 10.6 Å². The van der Waals surface area contributed by atoms with Crippen LogP contribution in [0.15, 0.2) is 53.0 Å². The summed E-state index contributed by atoms with van der Waals surface area (Å²) in [5.74, 6) is 0.226. The molecule has 0 saturated heterocycles. The van der Waals surface area contributed by atoms with E-state index in [1.165, 1.54) is 0 Å². The molecule has 0 aliphatic carbocycles. The van der Waals surface area contributed by atoms with Crippen LogP contribution in [0.25, 0.3) is 21.9 Å². The zero-order chi connectivity index (χ0) is 15.0. The minimum atomic E-state index is 0.226. The quantitative estimate of drug-likeness (QED) is 0.617. The van der Waals surface area contributed by atoms with Gasteiger partial charge < -0.3 is 5.11 Å². The largest absolute Gasteiger partial charge is 0.508 e. The van der Waals surface area contributed by atoms with Crippen molar-refractivity contribution in [2.75, 3.05) is 0 Å². The number of aldehydes is 1. The zero-order valence-corrected chi connectivity index (χ0v) is 13.1. The van der Waals surface area contributed by atoms with Gasteiger partial charge in [-0.1, -0.05) is 39.7 Å². The highest BCUT2D eigenvalue weighted by Crippen LogP contribution is 2.34. The van der Waals surface area contributed by atoms with Gasteiger partial charge in [0.1, 0.15) is 5.75 Å². The molecule has 104 valence electrons. The van der Waals surface area contributed by atoms with E-state index in [4.69, 9.17) is 11.6 Å². The van der Waals surface area contributed by atoms with Gasteiger partial charge in [0.25, 0.3) is 0 Å². The standard InChI is InChI=1S/C17H10BrClO2/c18-16-7-12-5-11(10-1-3-14(21)4-2-10)8-17(19)15(12)6-13(16)9-20/h1-9,21H. The summed E-state index contributed by atoms with van der Waals surface area (Å²) in [5, 5.41) is 11.7. The van der Waals surface area contributed by atoms with Gasteiger partial charge in [-0.25, -0.2) is 0 Å². The van der Waals surface area contributed by atoms with Gasteiger partial charge in [0.2, 0.25) is 0 Å². The molecule has 1 N–H and O–H groups in total. The van der Waals surface area contributed by atoms with Gasteiger partial charge >= 0.3 is 0 Å². The van der Waals surface area contributed by atoms with Crippen LogP contribution in [0, 0.1) is 0 Å². The maximum absolute atomic E-state index is 11.0. The molecule has 0 spiro atoms. The van der Waals surface area contributed by atoms with Gasteiger partial charge in [-0.05, 0) is 52.9 Å². The van der Waals surface area contributed by atoms with Gasteiger partial charge in [0.15, 0.2) is 6.29 Å². The van der Waals surface area contributed by atoms with E-state index in [1.807, 2.05) is 30.3 Å². The van der Waals surface area contributed by atoms with Crippen molar-refractivity contribution in [2.24, 2.45) is 0 Å². The second-order valence-electron chi connectivity index (χ2n) is 4.72. The van der Waals surface area contributed by atoms with E-state index in [9.17, 15) is 9.90 Å². The number of fused-ring (bicyclic) bond motifs is 1. The summed E-state index contributed by atoms with van der Waals surface area (Å²) in [5.41, 5.74) is 2.49. The molecule has 2 nitrogen and oxygen atoms in total. The second kappa shape index (κ2) is 5.51. The van der Waals surface area contributed by atoms with E-state index < -0.39 is 0 Å². The summed E-state index contributed by atoms with van der Waals surface area (Å²) in [6.07, 6.45) is 0.799. The Morgan fingerprint density at radius 3 is 2.38 bits per heavy atom. The number of phenolic OH excluding ortho intramolecular Hbond substituents is 1. The average Bonchev–Trinajstić information content (AvgIpc) is 2.47. The van der Waals surface area contributed by atoms with Gasteiger partial charge in [0.05, 0.1) is 0 Å². The van der Waals surface area contributed by atoms with E-state index in [0.717, 1.165) is 32.7 Å². The number of hydrogen-bond acceptors (Lipinski definition) is 2. The van der Waals surface area contributed by atoms with Crippen LogP contribution in [-0.2, 0) is 0 Å². The topological polar surface area (TPSA) is 37.3 Å². The number of rotatable bonds is 2. The third-order valence-electron chi connectivity index (χ3n) is 3.35. The average molecular weight is 362 g/mol. The van der Waals surface area contributed by atoms with Crippen molar-refractivity contribution < 1.29 is 9.90 Å². The van der Waals surface area contributed by atoms with Gasteiger partial charge in [-0.3, -0.25) is 4.79 Å². The van der Waals surface area contributed by atoms with Crippen LogP contribution in [0.1, 0.15) is 10.4 Å². The third-order valence-corrected chi connectivity index (χ3v) is 4.35. The molecule has 0 fully saturated rings. The van der Waals surface area contributed by atoms with E-state index in [1.54, 1.807) is 18.2 Å². The molecule has 0 saturated carbocycles. The lowest BCUT2D eigenvalue weighted by Crippen LogP contribution is -1.86. The maximum Gasteiger partial charge on any atom is 0.151 e. The molecular formula is C17H10BrClO2. The van der Waals surface area contributed by atoms with Gasteiger partial charge in [0, 0.05) is 20.4 Å². The second-order valence-corrected chi connectivity index (χ2v) is 5.98. The highest BCUT2D eigenvalue weighted by molar-refractivity contribution is 9.10. The molecule has 3 rings (SSSR count). The minimum Gasteiger partial charge on any atom is -0.508 e. The number of aromatic hydroxyl groups is 1. The lowest BCUT2D eigenvalue weighted by Gasteiger charge is -2.08. The van der Waals surface area contributed by atoms with E-state index in [-0.39, 0.29) is 5.75 Å². The van der Waals surface area contributed by atoms with Gasteiger partial charge in [-0.15, -0.1) is 0 Å². The van der Waals surface area contributed by atoms with E-state index in [2.05, 4.69) is 15.9 Å². The highest BCUT2D eigenvalue weighted by Gasteiger charge is 2.08. The molecule has 0 atom stereocenters. The van der Waals surface area contributed by atoms with Crippen LogP contribution in [0.4, 0.5) is 0 Å². The van der Waals surface area contributed by atoms with Crippen molar-refractivity contribution in [3.05, 3.63) is 63.6 Å². The molecule has 21 heavy (non-hydrogen) atoms. The SMILES string of the molecule is O=Cc1cc2c(Cl)cc(-c3ccc(O)cc3)cc2cc1Br. The number of carbonyl (C=O) groups is 1. The molecule has 0 aliphatic heterocycles. The number of carbonyl (C=O) groups excluding carboxylic acids is 1. The minimum absolute atomic E-state index is 0.226. The van der Waals surface area contributed by atoms with Gasteiger partial charge in [-0.2, -0.15) is 0 Å². The number of halogens is 2. The number of phenols is 1. The Morgan fingerprint density at radius 1 is 1.00 bits per heavy atom. The maximum atomic E-state index is 11.0. The lowest BCUT2D eigenvalue weighted by atomic mass is 10.00. The molecule has 0 amide bonds. The van der Waals surface area contributed by atoms with Crippen LogP contribution in [0.2, 0.25) is 5.02 Å². The molecule has 0 unspecified atom stereocenters. The summed E-state index contributed by atoms with van der Waals surface area (Å²) in [6, 6.07) is 14.5. The molecule has 0 aromatic heterocycles. The van der Waals surface area contributed by atoms with Crippen LogP contribution < -0.4 is 0 Å². The predicted octanol–water partition coefficient (Wildman–Crippen LogP) is 5.44. The summed E-state index contributed by atoms with van der Waals surface area (Å²) in [7, 11) is 0. The van der Waals surface area contributed by atoms with Crippen molar-refractivity contribution in [1.82, 2.24) is 0 Å². The Bertz CT molecular complexity index is 842. The van der Waals surface area contributed by atoms with Crippen molar-refractivity contribution in [3.63, 3.8) is 0 Å². The first kappa shape index (κ1) is 14.1. The summed E-state index contributed by atoms with van der Waals surface area (Å²) in [6.45, 7) is 0. The van der Waals surface area contributed by atoms with Crippen LogP contribution >= 0.6 is 27.5 Å². The smallest absolute Gasteiger partial charge is 0.151 e. The number of hydrogen-bond donors (Lipinski definition) is 1. The summed E-state index contributed by atoms with van der Waals surface area (Å²) >= 11 is 9.73. The molecule has 0 radical (unpaired) electrons. The zero-order valence-electron chi connectivity index (χ0n) is 10.8. The van der Waals surface area contributed by atoms with Crippen LogP contribution in [0.5, 0.6) is 5.75 Å². The van der Waals surface area contributed by atoms with Crippen LogP contribution in [-0.4, -0.2) is 11.4 Å². The Labute approximate surface area is 135 Å². The Balaban J connectivity index is 2.23. The fourth-order valence-electron chi connectivity index (χ4n) is 2.27. The molecule has 3 aromatic carbocycles. The Kier molecular flexibility index (Phi) is 3.70. The van der Waals surface area contributed by atoms with Crippen LogP contribution in [0.3, 0.4) is 0 Å². The van der Waals surface area contributed by atoms with Crippen molar-refractivity contribution >= 4 is 44.6 Å². The molecule has 4 heteroatoms. The van der Waals surface area contributed by atoms with E-state index >= 15 is 0 Å². The first-order valence-electron chi connectivity index (χ1n) is 6.26. The third kappa shape index (κ3) is 2.67. The fraction of sp³-hybridized carbons (Fsp3) is 0. The molecule has 3 aromatic rings. The summed E-state index contributed by atoms with van der Waals surface area (Å²) < 4.78 is 0.740. The molecule has 0 heterocycles. The Morgan fingerprint density at radius 2 is 1.71 bits per heavy atom. The Hall–Kier alpha value is -1.84. The fourth-order valence-corrected chi connectivity index (χ4v) is 3.00. The normalized spacial score (nSPS) is 10.8. The molecule has 0 aliphatic rings. The van der Waals surface area contributed by atoms with Crippen molar-refractivity contribution in [3.8, 4) is 16.9 Å².